The number of nitrogen functional groups attached to an aromatic ring is 1. The summed E-state index contributed by atoms with van der Waals surface area (Å²) in [6.07, 6.45) is -0.812. The Morgan fingerprint density at radius 2 is 1.94 bits per heavy atom. The molecule has 1 aromatic carbocycles. The third-order valence-corrected chi connectivity index (χ3v) is 2.55. The van der Waals surface area contributed by atoms with E-state index in [0.29, 0.717) is 11.3 Å². The number of aryl methyl sites for hydroxylation is 1. The maximum Gasteiger partial charge on any atom is 0.339 e. The number of carbonyl (C=O) groups excluding carboxylic acids is 2. The van der Waals surface area contributed by atoms with Crippen molar-refractivity contribution < 1.29 is 14.3 Å². The van der Waals surface area contributed by atoms with Gasteiger partial charge in [-0.05, 0) is 31.5 Å². The summed E-state index contributed by atoms with van der Waals surface area (Å²) >= 11 is 0. The number of ether oxygens (including phenoxy) is 1. The first-order valence-electron chi connectivity index (χ1n) is 5.61. The molecule has 0 saturated heterocycles. The first kappa shape index (κ1) is 14.0. The van der Waals surface area contributed by atoms with Crippen LogP contribution in [0.3, 0.4) is 0 Å². The molecule has 1 amide bonds. The smallest absolute Gasteiger partial charge is 0.339 e. The van der Waals surface area contributed by atoms with E-state index >= 15 is 0 Å². The van der Waals surface area contributed by atoms with Crippen LogP contribution in [0.2, 0.25) is 0 Å². The molecule has 2 N–H and O–H groups in total. The fraction of sp³-hybridized carbons (Fsp3) is 0.385. The molecule has 0 bridgehead atoms. The lowest BCUT2D eigenvalue weighted by molar-refractivity contribution is -0.137. The molecule has 0 fully saturated rings. The zero-order valence-corrected chi connectivity index (χ0v) is 11.1. The van der Waals surface area contributed by atoms with Crippen molar-refractivity contribution in [2.24, 2.45) is 0 Å². The number of hydrogen-bond acceptors (Lipinski definition) is 4. The molecule has 18 heavy (non-hydrogen) atoms. The van der Waals surface area contributed by atoms with E-state index in [1.165, 1.54) is 4.90 Å². The van der Waals surface area contributed by atoms with Gasteiger partial charge in [-0.2, -0.15) is 0 Å². The number of likely N-dealkylation sites (N-methyl/N-ethyl adjacent to an activating group) is 1. The number of hydrogen-bond donors (Lipinski definition) is 1. The number of esters is 1. The quantitative estimate of drug-likeness (QED) is 0.646. The van der Waals surface area contributed by atoms with Crippen LogP contribution in [-0.2, 0) is 9.53 Å². The molecule has 0 radical (unpaired) electrons. The highest BCUT2D eigenvalue weighted by molar-refractivity contribution is 5.94. The Hall–Kier alpha value is -2.04. The lowest BCUT2D eigenvalue weighted by Gasteiger charge is -2.17. The number of nitrogens with zero attached hydrogens (tertiary/aromatic N) is 1. The summed E-state index contributed by atoms with van der Waals surface area (Å²) in [6.45, 7) is 3.33. The number of benzene rings is 1. The third kappa shape index (κ3) is 3.23. The molecule has 1 rings (SSSR count). The van der Waals surface area contributed by atoms with Gasteiger partial charge in [-0.1, -0.05) is 6.07 Å². The van der Waals surface area contributed by atoms with Crippen LogP contribution >= 0.6 is 0 Å². The van der Waals surface area contributed by atoms with Crippen molar-refractivity contribution in [1.82, 2.24) is 4.90 Å². The summed E-state index contributed by atoms with van der Waals surface area (Å²) in [6, 6.07) is 5.00. The van der Waals surface area contributed by atoms with Crippen LogP contribution in [0.4, 0.5) is 5.69 Å². The number of nitrogens with two attached hydrogens (primary N) is 1. The first-order chi connectivity index (χ1) is 8.32. The molecule has 0 aliphatic heterocycles. The standard InChI is InChI=1S/C13H18N2O3/c1-8-5-6-10(14)7-11(8)13(17)18-9(2)12(16)15(3)4/h5-7,9H,14H2,1-4H3. The molecule has 1 atom stereocenters. The van der Waals surface area contributed by atoms with Crippen LogP contribution in [0.5, 0.6) is 0 Å². The predicted octanol–water partition coefficient (Wildman–Crippen LogP) is 1.21. The van der Waals surface area contributed by atoms with E-state index in [2.05, 4.69) is 0 Å². The van der Waals surface area contributed by atoms with Gasteiger partial charge in [0.15, 0.2) is 6.10 Å². The maximum atomic E-state index is 11.9. The average molecular weight is 250 g/mol. The second-order valence-electron chi connectivity index (χ2n) is 4.35. The summed E-state index contributed by atoms with van der Waals surface area (Å²) in [5.74, 6) is -0.799. The lowest BCUT2D eigenvalue weighted by atomic mass is 10.1. The van der Waals surface area contributed by atoms with Crippen molar-refractivity contribution in [3.05, 3.63) is 29.3 Å². The second kappa shape index (κ2) is 5.53. The van der Waals surface area contributed by atoms with E-state index in [0.717, 1.165) is 5.56 Å². The molecule has 0 spiro atoms. The topological polar surface area (TPSA) is 72.6 Å². The van der Waals surface area contributed by atoms with Gasteiger partial charge < -0.3 is 15.4 Å². The summed E-state index contributed by atoms with van der Waals surface area (Å²) in [4.78, 5) is 24.9. The van der Waals surface area contributed by atoms with Crippen molar-refractivity contribution >= 4 is 17.6 Å². The van der Waals surface area contributed by atoms with E-state index in [9.17, 15) is 9.59 Å². The van der Waals surface area contributed by atoms with Crippen LogP contribution in [0.25, 0.3) is 0 Å². The molecule has 0 heterocycles. The minimum Gasteiger partial charge on any atom is -0.449 e. The normalized spacial score (nSPS) is 11.8. The van der Waals surface area contributed by atoms with Gasteiger partial charge >= 0.3 is 5.97 Å². The van der Waals surface area contributed by atoms with Gasteiger partial charge in [-0.25, -0.2) is 4.79 Å². The largest absolute Gasteiger partial charge is 0.449 e. The molecule has 0 saturated carbocycles. The third-order valence-electron chi connectivity index (χ3n) is 2.55. The van der Waals surface area contributed by atoms with Gasteiger partial charge in [0.05, 0.1) is 5.56 Å². The molecule has 5 nitrogen and oxygen atoms in total. The zero-order chi connectivity index (χ0) is 13.9. The minimum atomic E-state index is -0.812. The molecule has 1 unspecified atom stereocenters. The minimum absolute atomic E-state index is 0.259. The van der Waals surface area contributed by atoms with Gasteiger partial charge in [-0.3, -0.25) is 4.79 Å². The van der Waals surface area contributed by atoms with Crippen molar-refractivity contribution in [2.75, 3.05) is 19.8 Å². The highest BCUT2D eigenvalue weighted by atomic mass is 16.5. The summed E-state index contributed by atoms with van der Waals surface area (Å²) < 4.78 is 5.11. The lowest BCUT2D eigenvalue weighted by Crippen LogP contribution is -2.35. The Bertz CT molecular complexity index is 469. The monoisotopic (exact) mass is 250 g/mol. The Morgan fingerprint density at radius 1 is 1.33 bits per heavy atom. The van der Waals surface area contributed by atoms with Crippen LogP contribution < -0.4 is 5.73 Å². The van der Waals surface area contributed by atoms with Gasteiger partial charge in [-0.15, -0.1) is 0 Å². The Morgan fingerprint density at radius 3 is 2.50 bits per heavy atom. The fourth-order valence-corrected chi connectivity index (χ4v) is 1.50. The van der Waals surface area contributed by atoms with Crippen LogP contribution in [0, 0.1) is 6.92 Å². The molecule has 0 aliphatic carbocycles. The number of rotatable bonds is 3. The van der Waals surface area contributed by atoms with Crippen molar-refractivity contribution in [1.29, 1.82) is 0 Å². The Kier molecular flexibility index (Phi) is 4.31. The van der Waals surface area contributed by atoms with Gasteiger partial charge in [0.1, 0.15) is 0 Å². The highest BCUT2D eigenvalue weighted by Crippen LogP contribution is 2.14. The van der Waals surface area contributed by atoms with E-state index < -0.39 is 12.1 Å². The number of anilines is 1. The molecule has 0 aromatic heterocycles. The maximum absolute atomic E-state index is 11.9. The van der Waals surface area contributed by atoms with E-state index in [4.69, 9.17) is 10.5 Å². The highest BCUT2D eigenvalue weighted by Gasteiger charge is 2.21. The van der Waals surface area contributed by atoms with Gasteiger partial charge in [0.25, 0.3) is 5.91 Å². The van der Waals surface area contributed by atoms with Crippen LogP contribution in [-0.4, -0.2) is 37.0 Å². The SMILES string of the molecule is Cc1ccc(N)cc1C(=O)OC(C)C(=O)N(C)C. The summed E-state index contributed by atoms with van der Waals surface area (Å²) in [5, 5.41) is 0. The number of amides is 1. The van der Waals surface area contributed by atoms with E-state index in [-0.39, 0.29) is 5.91 Å². The Balaban J connectivity index is 2.83. The number of carbonyl (C=O) groups is 2. The fourth-order valence-electron chi connectivity index (χ4n) is 1.50. The van der Waals surface area contributed by atoms with Crippen LogP contribution in [0.15, 0.2) is 18.2 Å². The molecular weight excluding hydrogens is 232 g/mol. The molecule has 0 aliphatic rings. The predicted molar refractivity (Wildman–Crippen MR) is 69.2 cm³/mol. The van der Waals surface area contributed by atoms with Gasteiger partial charge in [0.2, 0.25) is 0 Å². The van der Waals surface area contributed by atoms with E-state index in [1.807, 2.05) is 0 Å². The summed E-state index contributed by atoms with van der Waals surface area (Å²) in [5.41, 5.74) is 7.25. The van der Waals surface area contributed by atoms with Crippen molar-refractivity contribution in [3.63, 3.8) is 0 Å². The van der Waals surface area contributed by atoms with Crippen molar-refractivity contribution in [2.45, 2.75) is 20.0 Å². The summed E-state index contributed by atoms with van der Waals surface area (Å²) in [7, 11) is 3.22. The molecule has 5 heteroatoms. The molecular formula is C13H18N2O3. The van der Waals surface area contributed by atoms with Gasteiger partial charge in [0, 0.05) is 19.8 Å². The average Bonchev–Trinajstić information content (AvgIpc) is 2.30. The Labute approximate surface area is 107 Å². The first-order valence-corrected chi connectivity index (χ1v) is 5.61. The van der Waals surface area contributed by atoms with E-state index in [1.54, 1.807) is 46.1 Å². The zero-order valence-electron chi connectivity index (χ0n) is 11.1. The second-order valence-corrected chi connectivity index (χ2v) is 4.35. The van der Waals surface area contributed by atoms with Crippen molar-refractivity contribution in [3.8, 4) is 0 Å². The molecule has 1 aromatic rings. The van der Waals surface area contributed by atoms with Crippen LogP contribution in [0.1, 0.15) is 22.8 Å². The molecule has 98 valence electrons.